The van der Waals surface area contributed by atoms with Gasteiger partial charge in [0.05, 0.1) is 11.4 Å². The van der Waals surface area contributed by atoms with Crippen molar-refractivity contribution in [1.29, 1.82) is 0 Å². The van der Waals surface area contributed by atoms with E-state index in [0.29, 0.717) is 16.2 Å². The van der Waals surface area contributed by atoms with Crippen LogP contribution in [0.5, 0.6) is 5.75 Å². The summed E-state index contributed by atoms with van der Waals surface area (Å²) in [4.78, 5) is 26.3. The highest BCUT2D eigenvalue weighted by atomic mass is 79.9. The number of carbonyl (C=O) groups excluding carboxylic acids is 2. The first-order valence-corrected chi connectivity index (χ1v) is 13.0. The average molecular weight is 583 g/mol. The summed E-state index contributed by atoms with van der Waals surface area (Å²) in [6.07, 6.45) is 1.36. The number of thioether (sulfide) groups is 1. The highest BCUT2D eigenvalue weighted by Gasteiger charge is 2.36. The fourth-order valence-electron chi connectivity index (χ4n) is 3.08. The lowest BCUT2D eigenvalue weighted by molar-refractivity contribution is -0.123. The molecule has 1 aliphatic rings. The molecule has 1 saturated heterocycles. The molecular weight excluding hydrogens is 569 g/mol. The topological polar surface area (TPSA) is 80.8 Å². The summed E-state index contributed by atoms with van der Waals surface area (Å²) in [6, 6.07) is 16.2. The number of amides is 2. The van der Waals surface area contributed by atoms with Crippen LogP contribution in [0, 0.1) is 5.82 Å². The first-order chi connectivity index (χ1) is 16.2. The molecule has 11 heteroatoms. The Labute approximate surface area is 212 Å². The molecule has 0 aromatic heterocycles. The van der Waals surface area contributed by atoms with E-state index in [2.05, 4.69) is 15.9 Å². The molecule has 1 fully saturated rings. The van der Waals surface area contributed by atoms with Crippen LogP contribution in [0.4, 0.5) is 9.18 Å². The lowest BCUT2D eigenvalue weighted by Crippen LogP contribution is -2.28. The highest BCUT2D eigenvalue weighted by Crippen LogP contribution is 2.37. The highest BCUT2D eigenvalue weighted by molar-refractivity contribution is 9.10. The van der Waals surface area contributed by atoms with Crippen molar-refractivity contribution in [3.8, 4) is 5.75 Å². The summed E-state index contributed by atoms with van der Waals surface area (Å²) in [5, 5.41) is -0.512. The van der Waals surface area contributed by atoms with Crippen molar-refractivity contribution in [1.82, 2.24) is 4.90 Å². The van der Waals surface area contributed by atoms with E-state index in [1.54, 1.807) is 30.3 Å². The molecule has 1 heterocycles. The zero-order chi connectivity index (χ0) is 24.5. The molecule has 0 bridgehead atoms. The van der Waals surface area contributed by atoms with E-state index in [-0.39, 0.29) is 38.2 Å². The van der Waals surface area contributed by atoms with E-state index in [4.69, 9.17) is 15.8 Å². The van der Waals surface area contributed by atoms with Crippen molar-refractivity contribution in [2.75, 3.05) is 0 Å². The van der Waals surface area contributed by atoms with Gasteiger partial charge in [-0.25, -0.2) is 4.39 Å². The van der Waals surface area contributed by atoms with Crippen LogP contribution in [-0.4, -0.2) is 24.5 Å². The van der Waals surface area contributed by atoms with Crippen molar-refractivity contribution < 1.29 is 26.6 Å². The van der Waals surface area contributed by atoms with Crippen LogP contribution >= 0.6 is 39.3 Å². The van der Waals surface area contributed by atoms with Crippen LogP contribution in [0.2, 0.25) is 5.02 Å². The molecule has 34 heavy (non-hydrogen) atoms. The predicted molar refractivity (Wildman–Crippen MR) is 131 cm³/mol. The molecule has 6 nitrogen and oxygen atoms in total. The van der Waals surface area contributed by atoms with Gasteiger partial charge in [0, 0.05) is 20.6 Å². The normalized spacial score (nSPS) is 15.3. The van der Waals surface area contributed by atoms with Crippen LogP contribution < -0.4 is 4.18 Å². The Morgan fingerprint density at radius 2 is 1.79 bits per heavy atom. The second kappa shape index (κ2) is 9.91. The predicted octanol–water partition coefficient (Wildman–Crippen LogP) is 6.25. The molecule has 0 N–H and O–H groups in total. The van der Waals surface area contributed by atoms with Gasteiger partial charge in [-0.05, 0) is 60.3 Å². The van der Waals surface area contributed by atoms with Gasteiger partial charge in [-0.1, -0.05) is 51.8 Å². The number of carbonyl (C=O) groups is 2. The quantitative estimate of drug-likeness (QED) is 0.253. The summed E-state index contributed by atoms with van der Waals surface area (Å²) >= 11 is 9.99. The Balaban J connectivity index is 1.65. The van der Waals surface area contributed by atoms with Crippen LogP contribution in [0.1, 0.15) is 11.1 Å². The van der Waals surface area contributed by atoms with Crippen LogP contribution in [0.3, 0.4) is 0 Å². The van der Waals surface area contributed by atoms with Crippen LogP contribution in [0.15, 0.2) is 81.0 Å². The summed E-state index contributed by atoms with van der Waals surface area (Å²) in [7, 11) is -4.14. The summed E-state index contributed by atoms with van der Waals surface area (Å²) < 4.78 is 45.4. The maximum absolute atomic E-state index is 14.2. The minimum Gasteiger partial charge on any atom is -0.378 e. The molecule has 0 unspecified atom stereocenters. The maximum atomic E-state index is 14.2. The van der Waals surface area contributed by atoms with Gasteiger partial charge in [0.15, 0.2) is 0 Å². The zero-order valence-corrected chi connectivity index (χ0v) is 21.0. The van der Waals surface area contributed by atoms with E-state index in [1.165, 1.54) is 42.5 Å². The minimum atomic E-state index is -4.14. The molecule has 0 saturated carbocycles. The number of halogens is 3. The fourth-order valence-corrected chi connectivity index (χ4v) is 5.49. The van der Waals surface area contributed by atoms with E-state index in [9.17, 15) is 22.4 Å². The minimum absolute atomic E-state index is 0.0214. The second-order valence-corrected chi connectivity index (χ2v) is 10.9. The Morgan fingerprint density at radius 3 is 2.50 bits per heavy atom. The lowest BCUT2D eigenvalue weighted by Gasteiger charge is -2.14. The zero-order valence-electron chi connectivity index (χ0n) is 17.1. The Bertz CT molecular complexity index is 1410. The Morgan fingerprint density at radius 1 is 1.06 bits per heavy atom. The van der Waals surface area contributed by atoms with E-state index >= 15 is 0 Å². The molecule has 1 aliphatic heterocycles. The van der Waals surface area contributed by atoms with Crippen molar-refractivity contribution in [2.24, 2.45) is 0 Å². The van der Waals surface area contributed by atoms with Crippen LogP contribution in [0.25, 0.3) is 6.08 Å². The molecular formula is C23H14BrClFNO5S2. The summed E-state index contributed by atoms with van der Waals surface area (Å²) in [6.45, 7) is -0.336. The first-order valence-electron chi connectivity index (χ1n) is 9.63. The fraction of sp³-hybridized carbons (Fsp3) is 0.0435. The Kier molecular flexibility index (Phi) is 7.13. The molecule has 0 atom stereocenters. The monoisotopic (exact) mass is 581 g/mol. The maximum Gasteiger partial charge on any atom is 0.339 e. The molecule has 3 aromatic carbocycles. The third kappa shape index (κ3) is 5.20. The van der Waals surface area contributed by atoms with Gasteiger partial charge in [-0.3, -0.25) is 14.5 Å². The lowest BCUT2D eigenvalue weighted by atomic mass is 10.1. The molecule has 174 valence electrons. The van der Waals surface area contributed by atoms with Crippen LogP contribution in [-0.2, 0) is 21.5 Å². The van der Waals surface area contributed by atoms with Crippen molar-refractivity contribution in [2.45, 2.75) is 11.4 Å². The third-order valence-electron chi connectivity index (χ3n) is 4.74. The smallest absolute Gasteiger partial charge is 0.339 e. The van der Waals surface area contributed by atoms with Gasteiger partial charge in [0.1, 0.15) is 16.5 Å². The van der Waals surface area contributed by atoms with Gasteiger partial charge in [0.2, 0.25) is 0 Å². The summed E-state index contributed by atoms with van der Waals surface area (Å²) in [5.74, 6) is -1.33. The van der Waals surface area contributed by atoms with Gasteiger partial charge in [-0.15, -0.1) is 0 Å². The number of rotatable bonds is 6. The third-order valence-corrected chi connectivity index (χ3v) is 7.74. The average Bonchev–Trinajstić information content (AvgIpc) is 3.06. The molecule has 3 aromatic rings. The van der Waals surface area contributed by atoms with Gasteiger partial charge >= 0.3 is 10.1 Å². The Hall–Kier alpha value is -2.66. The standard InChI is InChI=1S/C23H14BrClFNO5S2/c24-15-9-10-20(32-34(30,31)16-5-2-1-3-6-16)14(11-15)12-21-22(28)27(23(29)33-21)13-17-18(25)7-4-8-19(17)26/h1-12H,13H2/b21-12-. The number of imide groups is 1. The van der Waals surface area contributed by atoms with E-state index < -0.39 is 27.1 Å². The van der Waals surface area contributed by atoms with E-state index in [0.717, 1.165) is 4.90 Å². The van der Waals surface area contributed by atoms with Crippen molar-refractivity contribution >= 4 is 66.6 Å². The van der Waals surface area contributed by atoms with Crippen molar-refractivity contribution in [3.63, 3.8) is 0 Å². The molecule has 2 amide bonds. The van der Waals surface area contributed by atoms with Gasteiger partial charge in [-0.2, -0.15) is 8.42 Å². The van der Waals surface area contributed by atoms with E-state index in [1.807, 2.05) is 0 Å². The van der Waals surface area contributed by atoms with Gasteiger partial charge in [0.25, 0.3) is 11.1 Å². The number of nitrogens with zero attached hydrogens (tertiary/aromatic N) is 1. The molecule has 4 rings (SSSR count). The summed E-state index contributed by atoms with van der Waals surface area (Å²) in [5.41, 5.74) is 0.274. The molecule has 0 spiro atoms. The second-order valence-electron chi connectivity index (χ2n) is 7.00. The molecule has 0 aliphatic carbocycles. The van der Waals surface area contributed by atoms with Gasteiger partial charge < -0.3 is 4.18 Å². The number of hydrogen-bond acceptors (Lipinski definition) is 6. The van der Waals surface area contributed by atoms with Crippen molar-refractivity contribution in [3.05, 3.63) is 98.1 Å². The SMILES string of the molecule is O=C1S/C(=C\c2cc(Br)ccc2OS(=O)(=O)c2ccccc2)C(=O)N1Cc1c(F)cccc1Cl. The first kappa shape index (κ1) is 24.5. The largest absolute Gasteiger partial charge is 0.378 e. The number of hydrogen-bond donors (Lipinski definition) is 0. The molecule has 0 radical (unpaired) electrons. The number of benzene rings is 3.